The molecule has 0 aliphatic heterocycles. The van der Waals surface area contributed by atoms with Crippen LogP contribution in [0.4, 0.5) is 0 Å². The molecule has 1 heteroatoms. The Morgan fingerprint density at radius 1 is 0.944 bits per heavy atom. The van der Waals surface area contributed by atoms with Crippen molar-refractivity contribution in [3.63, 3.8) is 0 Å². The molecule has 0 aromatic carbocycles. The molecule has 0 radical (unpaired) electrons. The van der Waals surface area contributed by atoms with Crippen LogP contribution in [-0.2, 0) is 4.74 Å². The highest BCUT2D eigenvalue weighted by atomic mass is 16.5. The Kier molecular flexibility index (Phi) is 3.05. The van der Waals surface area contributed by atoms with Crippen LogP contribution in [0.15, 0.2) is 0 Å². The molecule has 4 saturated carbocycles. The zero-order valence-electron chi connectivity index (χ0n) is 12.7. The topological polar surface area (TPSA) is 9.23 Å². The average Bonchev–Trinajstić information content (AvgIpc) is 2.33. The van der Waals surface area contributed by atoms with Crippen LogP contribution in [0.25, 0.3) is 0 Å². The van der Waals surface area contributed by atoms with Gasteiger partial charge in [-0.3, -0.25) is 0 Å². The van der Waals surface area contributed by atoms with Gasteiger partial charge in [-0.05, 0) is 82.5 Å². The van der Waals surface area contributed by atoms with E-state index in [1.54, 1.807) is 0 Å². The highest BCUT2D eigenvalue weighted by molar-refractivity contribution is 5.08. The van der Waals surface area contributed by atoms with Gasteiger partial charge in [-0.1, -0.05) is 13.8 Å². The van der Waals surface area contributed by atoms with Crippen LogP contribution in [0.1, 0.15) is 72.6 Å². The minimum atomic E-state index is 0.0609. The van der Waals surface area contributed by atoms with E-state index in [0.717, 1.165) is 30.1 Å². The molecule has 104 valence electrons. The van der Waals surface area contributed by atoms with Crippen LogP contribution in [0.5, 0.6) is 0 Å². The molecule has 0 aromatic heterocycles. The van der Waals surface area contributed by atoms with Gasteiger partial charge in [0.2, 0.25) is 0 Å². The van der Waals surface area contributed by atoms with Crippen molar-refractivity contribution in [2.75, 3.05) is 0 Å². The normalized spacial score (nSPS) is 46.7. The summed E-state index contributed by atoms with van der Waals surface area (Å²) in [5.41, 5.74) is 0.290. The number of hydrogen-bond acceptors (Lipinski definition) is 1. The maximum atomic E-state index is 6.80. The Hall–Kier alpha value is -0.0400. The highest BCUT2D eigenvalue weighted by Gasteiger charge is 2.58. The fourth-order valence-corrected chi connectivity index (χ4v) is 5.38. The smallest absolute Gasteiger partial charge is 0.0743 e. The zero-order valence-corrected chi connectivity index (χ0v) is 12.7. The van der Waals surface area contributed by atoms with Gasteiger partial charge in [-0.15, -0.1) is 0 Å². The van der Waals surface area contributed by atoms with E-state index in [0.29, 0.717) is 0 Å². The first-order chi connectivity index (χ1) is 8.49. The van der Waals surface area contributed by atoms with Gasteiger partial charge in [0.15, 0.2) is 0 Å². The number of hydrogen-bond donors (Lipinski definition) is 0. The molecule has 0 spiro atoms. The first-order valence-corrected chi connectivity index (χ1v) is 8.19. The van der Waals surface area contributed by atoms with E-state index in [2.05, 4.69) is 27.7 Å². The standard InChI is InChI=1S/C17H30O/c1-5-16(3,4)18-17(6-2)14-8-12-7-13(10-14)11-15(17)9-12/h12-15H,5-11H2,1-4H3. The SMILES string of the molecule is CCC(C)(C)OC1(CC)C2CC3CC(C2)CC1C3. The van der Waals surface area contributed by atoms with E-state index in [4.69, 9.17) is 4.74 Å². The molecule has 0 atom stereocenters. The molecule has 0 aromatic rings. The van der Waals surface area contributed by atoms with Crippen molar-refractivity contribution in [1.82, 2.24) is 0 Å². The van der Waals surface area contributed by atoms with E-state index in [1.807, 2.05) is 0 Å². The quantitative estimate of drug-likeness (QED) is 0.696. The van der Waals surface area contributed by atoms with Crippen molar-refractivity contribution in [1.29, 1.82) is 0 Å². The third kappa shape index (κ3) is 1.85. The monoisotopic (exact) mass is 250 g/mol. The summed E-state index contributed by atoms with van der Waals surface area (Å²) in [7, 11) is 0. The van der Waals surface area contributed by atoms with E-state index in [9.17, 15) is 0 Å². The minimum absolute atomic E-state index is 0.0609. The summed E-state index contributed by atoms with van der Waals surface area (Å²) >= 11 is 0. The predicted molar refractivity (Wildman–Crippen MR) is 75.5 cm³/mol. The molecule has 4 aliphatic rings. The molecule has 4 bridgehead atoms. The zero-order chi connectivity index (χ0) is 13.0. The molecule has 0 heterocycles. The van der Waals surface area contributed by atoms with Gasteiger partial charge < -0.3 is 4.74 Å². The maximum Gasteiger partial charge on any atom is 0.0743 e. The minimum Gasteiger partial charge on any atom is -0.369 e. The summed E-state index contributed by atoms with van der Waals surface area (Å²) < 4.78 is 6.80. The third-order valence-corrected chi connectivity index (χ3v) is 6.39. The largest absolute Gasteiger partial charge is 0.369 e. The molecule has 4 rings (SSSR count). The number of ether oxygens (including phenoxy) is 1. The Balaban J connectivity index is 1.87. The molecular weight excluding hydrogens is 220 g/mol. The molecule has 18 heavy (non-hydrogen) atoms. The van der Waals surface area contributed by atoms with Crippen LogP contribution < -0.4 is 0 Å². The Morgan fingerprint density at radius 3 is 1.83 bits per heavy atom. The van der Waals surface area contributed by atoms with Gasteiger partial charge in [0.05, 0.1) is 11.2 Å². The molecule has 0 amide bonds. The molecule has 4 aliphatic carbocycles. The number of rotatable bonds is 4. The summed E-state index contributed by atoms with van der Waals surface area (Å²) in [6.45, 7) is 9.21. The maximum absolute atomic E-state index is 6.80. The van der Waals surface area contributed by atoms with Gasteiger partial charge in [-0.25, -0.2) is 0 Å². The van der Waals surface area contributed by atoms with E-state index < -0.39 is 0 Å². The Labute approximate surface area is 113 Å². The van der Waals surface area contributed by atoms with E-state index in [1.165, 1.54) is 38.5 Å². The first-order valence-electron chi connectivity index (χ1n) is 8.19. The van der Waals surface area contributed by atoms with Crippen molar-refractivity contribution in [3.05, 3.63) is 0 Å². The molecule has 0 saturated heterocycles. The molecular formula is C17H30O. The van der Waals surface area contributed by atoms with Gasteiger partial charge in [0.25, 0.3) is 0 Å². The van der Waals surface area contributed by atoms with Crippen molar-refractivity contribution in [2.45, 2.75) is 83.8 Å². The summed E-state index contributed by atoms with van der Waals surface area (Å²) in [6.07, 6.45) is 9.72. The average molecular weight is 250 g/mol. The summed E-state index contributed by atoms with van der Waals surface area (Å²) in [5, 5.41) is 0. The van der Waals surface area contributed by atoms with Crippen LogP contribution >= 0.6 is 0 Å². The van der Waals surface area contributed by atoms with Crippen LogP contribution in [-0.4, -0.2) is 11.2 Å². The predicted octanol–water partition coefficient (Wildman–Crippen LogP) is 4.80. The fourth-order valence-electron chi connectivity index (χ4n) is 5.38. The summed E-state index contributed by atoms with van der Waals surface area (Å²) in [4.78, 5) is 0. The second-order valence-corrected chi connectivity index (χ2v) is 7.83. The van der Waals surface area contributed by atoms with Crippen LogP contribution in [0.3, 0.4) is 0 Å². The van der Waals surface area contributed by atoms with Gasteiger partial charge in [0.1, 0.15) is 0 Å². The van der Waals surface area contributed by atoms with Gasteiger partial charge in [0, 0.05) is 0 Å². The van der Waals surface area contributed by atoms with Crippen molar-refractivity contribution in [3.8, 4) is 0 Å². The summed E-state index contributed by atoms with van der Waals surface area (Å²) in [5.74, 6) is 3.81. The third-order valence-electron chi connectivity index (χ3n) is 6.39. The first kappa shape index (κ1) is 13.0. The second kappa shape index (κ2) is 4.23. The molecule has 0 unspecified atom stereocenters. The lowest BCUT2D eigenvalue weighted by Crippen LogP contribution is -2.60. The van der Waals surface area contributed by atoms with E-state index >= 15 is 0 Å². The van der Waals surface area contributed by atoms with Crippen molar-refractivity contribution < 1.29 is 4.74 Å². The van der Waals surface area contributed by atoms with Crippen LogP contribution in [0, 0.1) is 23.7 Å². The molecule has 0 N–H and O–H groups in total. The molecule has 4 fully saturated rings. The lowest BCUT2D eigenvalue weighted by molar-refractivity contribution is -0.251. The fraction of sp³-hybridized carbons (Fsp3) is 1.00. The highest BCUT2D eigenvalue weighted by Crippen LogP contribution is 2.61. The van der Waals surface area contributed by atoms with Crippen LogP contribution in [0.2, 0.25) is 0 Å². The summed E-state index contributed by atoms with van der Waals surface area (Å²) in [6, 6.07) is 0. The van der Waals surface area contributed by atoms with Crippen molar-refractivity contribution >= 4 is 0 Å². The van der Waals surface area contributed by atoms with Gasteiger partial charge >= 0.3 is 0 Å². The lowest BCUT2D eigenvalue weighted by atomic mass is 9.49. The second-order valence-electron chi connectivity index (χ2n) is 7.83. The lowest BCUT2D eigenvalue weighted by Gasteiger charge is -2.62. The van der Waals surface area contributed by atoms with Gasteiger partial charge in [-0.2, -0.15) is 0 Å². The van der Waals surface area contributed by atoms with E-state index in [-0.39, 0.29) is 11.2 Å². The van der Waals surface area contributed by atoms with Crippen molar-refractivity contribution in [2.24, 2.45) is 23.7 Å². The Bertz CT molecular complexity index is 290. The molecule has 1 nitrogen and oxygen atoms in total. The Morgan fingerprint density at radius 2 is 1.44 bits per heavy atom.